The molecule has 4 atom stereocenters. The zero-order valence-electron chi connectivity index (χ0n) is 11.1. The first-order chi connectivity index (χ1) is 9.67. The van der Waals surface area contributed by atoms with Gasteiger partial charge in [-0.3, -0.25) is 0 Å². The maximum absolute atomic E-state index is 11.6. The number of carbonyl (C=O) groups is 1. The summed E-state index contributed by atoms with van der Waals surface area (Å²) >= 11 is 0. The Bertz CT molecular complexity index is 435. The predicted octanol–water partition coefficient (Wildman–Crippen LogP) is -0.135. The van der Waals surface area contributed by atoms with Crippen LogP contribution in [-0.2, 0) is 25.6 Å². The van der Waals surface area contributed by atoms with Gasteiger partial charge in [0.05, 0.1) is 20.3 Å². The van der Waals surface area contributed by atoms with Crippen molar-refractivity contribution in [1.29, 1.82) is 0 Å². The van der Waals surface area contributed by atoms with E-state index in [4.69, 9.17) is 14.6 Å². The molecule has 1 aliphatic rings. The quantitative estimate of drug-likeness (QED) is 0.732. The van der Waals surface area contributed by atoms with Crippen LogP contribution in [0.2, 0.25) is 0 Å². The number of ether oxygens (including phenoxy) is 3. The number of rotatable bonds is 5. The molecule has 2 N–H and O–H groups in total. The summed E-state index contributed by atoms with van der Waals surface area (Å²) in [5, 5.41) is 19.1. The lowest BCUT2D eigenvalue weighted by Crippen LogP contribution is -2.39. The second-order valence-electron chi connectivity index (χ2n) is 4.55. The molecular weight excluding hydrogens is 264 g/mol. The number of aliphatic hydroxyl groups excluding tert-OH is 2. The van der Waals surface area contributed by atoms with Gasteiger partial charge in [0.2, 0.25) is 0 Å². The normalized spacial score (nSPS) is 29.4. The summed E-state index contributed by atoms with van der Waals surface area (Å²) in [7, 11) is 1.23. The Morgan fingerprint density at radius 3 is 2.65 bits per heavy atom. The maximum Gasteiger partial charge on any atom is 0.337 e. The highest BCUT2D eigenvalue weighted by Crippen LogP contribution is 2.25. The monoisotopic (exact) mass is 282 g/mol. The van der Waals surface area contributed by atoms with Gasteiger partial charge in [0.25, 0.3) is 0 Å². The summed E-state index contributed by atoms with van der Waals surface area (Å²) in [6, 6.07) is 9.37. The van der Waals surface area contributed by atoms with Crippen molar-refractivity contribution in [1.82, 2.24) is 0 Å². The van der Waals surface area contributed by atoms with Crippen LogP contribution in [0.3, 0.4) is 0 Å². The number of aliphatic hydroxyl groups is 2. The molecule has 0 spiro atoms. The van der Waals surface area contributed by atoms with E-state index in [2.05, 4.69) is 4.74 Å². The van der Waals surface area contributed by atoms with E-state index in [0.717, 1.165) is 5.56 Å². The standard InChI is InChI=1S/C14H18O6/c1-18-14(17)13-12(11(16)10(7-15)20-13)19-8-9-5-3-2-4-6-9/h2-6,10-13,15-16H,7-8H2,1H3/t10-,11-,12+,13-/m1/s1. The SMILES string of the molecule is COC(=O)[C@@H]1O[C@H](CO)[C@@H](O)[C@@H]1OCc1ccccc1. The van der Waals surface area contributed by atoms with Crippen LogP contribution in [0.15, 0.2) is 30.3 Å². The highest BCUT2D eigenvalue weighted by molar-refractivity contribution is 5.76. The fraction of sp³-hybridized carbons (Fsp3) is 0.500. The largest absolute Gasteiger partial charge is 0.467 e. The van der Waals surface area contributed by atoms with Gasteiger partial charge in [0.1, 0.15) is 18.3 Å². The van der Waals surface area contributed by atoms with E-state index in [9.17, 15) is 9.90 Å². The van der Waals surface area contributed by atoms with Crippen LogP contribution in [0.4, 0.5) is 0 Å². The average Bonchev–Trinajstić information content (AvgIpc) is 2.81. The molecule has 1 aliphatic heterocycles. The molecule has 1 heterocycles. The molecule has 0 unspecified atom stereocenters. The molecule has 6 nitrogen and oxygen atoms in total. The number of benzene rings is 1. The van der Waals surface area contributed by atoms with Crippen molar-refractivity contribution >= 4 is 5.97 Å². The van der Waals surface area contributed by atoms with E-state index >= 15 is 0 Å². The first-order valence-corrected chi connectivity index (χ1v) is 6.35. The van der Waals surface area contributed by atoms with E-state index in [0.29, 0.717) is 0 Å². The molecule has 0 bridgehead atoms. The van der Waals surface area contributed by atoms with Gasteiger partial charge in [-0.1, -0.05) is 30.3 Å². The number of methoxy groups -OCH3 is 1. The van der Waals surface area contributed by atoms with E-state index in [1.54, 1.807) is 0 Å². The Labute approximate surface area is 116 Å². The molecule has 6 heteroatoms. The predicted molar refractivity (Wildman–Crippen MR) is 68.8 cm³/mol. The molecule has 20 heavy (non-hydrogen) atoms. The fourth-order valence-corrected chi connectivity index (χ4v) is 2.15. The molecule has 0 aromatic heterocycles. The van der Waals surface area contributed by atoms with Crippen LogP contribution < -0.4 is 0 Å². The first-order valence-electron chi connectivity index (χ1n) is 6.35. The lowest BCUT2D eigenvalue weighted by molar-refractivity contribution is -0.160. The Morgan fingerprint density at radius 1 is 1.35 bits per heavy atom. The Balaban J connectivity index is 2.04. The molecule has 0 aliphatic carbocycles. The third-order valence-corrected chi connectivity index (χ3v) is 3.24. The van der Waals surface area contributed by atoms with E-state index in [1.165, 1.54) is 7.11 Å². The molecule has 110 valence electrons. The van der Waals surface area contributed by atoms with Gasteiger partial charge in [0.15, 0.2) is 6.10 Å². The number of esters is 1. The third kappa shape index (κ3) is 3.16. The number of carbonyl (C=O) groups excluding carboxylic acids is 1. The van der Waals surface area contributed by atoms with Crippen LogP contribution in [-0.4, -0.2) is 54.3 Å². The second-order valence-corrected chi connectivity index (χ2v) is 4.55. The molecule has 1 aromatic carbocycles. The van der Waals surface area contributed by atoms with Gasteiger partial charge >= 0.3 is 5.97 Å². The minimum absolute atomic E-state index is 0.234. The Morgan fingerprint density at radius 2 is 2.05 bits per heavy atom. The van der Waals surface area contributed by atoms with Gasteiger partial charge in [0, 0.05) is 0 Å². The third-order valence-electron chi connectivity index (χ3n) is 3.24. The summed E-state index contributed by atoms with van der Waals surface area (Å²) in [6.07, 6.45) is -3.82. The van der Waals surface area contributed by atoms with Crippen molar-refractivity contribution < 1.29 is 29.2 Å². The summed E-state index contributed by atoms with van der Waals surface area (Å²) < 4.78 is 15.5. The van der Waals surface area contributed by atoms with Gasteiger partial charge in [-0.25, -0.2) is 4.79 Å². The molecule has 1 fully saturated rings. The lowest BCUT2D eigenvalue weighted by Gasteiger charge is -2.19. The van der Waals surface area contributed by atoms with E-state index in [1.807, 2.05) is 30.3 Å². The maximum atomic E-state index is 11.6. The molecular formula is C14H18O6. The highest BCUT2D eigenvalue weighted by Gasteiger charge is 2.48. The van der Waals surface area contributed by atoms with Crippen molar-refractivity contribution in [3.8, 4) is 0 Å². The van der Waals surface area contributed by atoms with Crippen molar-refractivity contribution in [2.24, 2.45) is 0 Å². The van der Waals surface area contributed by atoms with Gasteiger partial charge in [-0.15, -0.1) is 0 Å². The zero-order chi connectivity index (χ0) is 14.5. The highest BCUT2D eigenvalue weighted by atomic mass is 16.6. The topological polar surface area (TPSA) is 85.2 Å². The van der Waals surface area contributed by atoms with Crippen molar-refractivity contribution in [3.63, 3.8) is 0 Å². The molecule has 1 aromatic rings. The minimum Gasteiger partial charge on any atom is -0.467 e. The molecule has 0 radical (unpaired) electrons. The lowest BCUT2D eigenvalue weighted by atomic mass is 10.1. The second kappa shape index (κ2) is 6.81. The van der Waals surface area contributed by atoms with Crippen LogP contribution in [0.5, 0.6) is 0 Å². The molecule has 0 amide bonds. The number of hydrogen-bond donors (Lipinski definition) is 2. The first kappa shape index (κ1) is 14.9. The van der Waals surface area contributed by atoms with Crippen molar-refractivity contribution in [2.45, 2.75) is 31.0 Å². The van der Waals surface area contributed by atoms with Gasteiger partial charge < -0.3 is 24.4 Å². The average molecular weight is 282 g/mol. The van der Waals surface area contributed by atoms with Gasteiger partial charge in [-0.2, -0.15) is 0 Å². The summed E-state index contributed by atoms with van der Waals surface area (Å²) in [5.41, 5.74) is 0.913. The fourth-order valence-electron chi connectivity index (χ4n) is 2.15. The Kier molecular flexibility index (Phi) is 5.08. The van der Waals surface area contributed by atoms with Crippen molar-refractivity contribution in [2.75, 3.05) is 13.7 Å². The molecule has 0 saturated carbocycles. The van der Waals surface area contributed by atoms with Crippen LogP contribution in [0.25, 0.3) is 0 Å². The summed E-state index contributed by atoms with van der Waals surface area (Å²) in [4.78, 5) is 11.6. The van der Waals surface area contributed by atoms with Crippen LogP contribution in [0.1, 0.15) is 5.56 Å². The van der Waals surface area contributed by atoms with E-state index in [-0.39, 0.29) is 13.2 Å². The summed E-state index contributed by atoms with van der Waals surface area (Å²) in [6.45, 7) is -0.155. The van der Waals surface area contributed by atoms with E-state index < -0.39 is 30.4 Å². The molecule has 2 rings (SSSR count). The van der Waals surface area contributed by atoms with Crippen molar-refractivity contribution in [3.05, 3.63) is 35.9 Å². The number of hydrogen-bond acceptors (Lipinski definition) is 6. The zero-order valence-corrected chi connectivity index (χ0v) is 11.1. The molecule has 1 saturated heterocycles. The van der Waals surface area contributed by atoms with Gasteiger partial charge in [-0.05, 0) is 5.56 Å². The Hall–Kier alpha value is -1.47. The summed E-state index contributed by atoms with van der Waals surface area (Å²) in [5.74, 6) is -0.627. The minimum atomic E-state index is -1.08. The smallest absolute Gasteiger partial charge is 0.337 e. The van der Waals surface area contributed by atoms with Crippen LogP contribution >= 0.6 is 0 Å². The van der Waals surface area contributed by atoms with Crippen LogP contribution in [0, 0.1) is 0 Å².